The van der Waals surface area contributed by atoms with Crippen LogP contribution < -0.4 is 5.73 Å². The van der Waals surface area contributed by atoms with Gasteiger partial charge in [-0.1, -0.05) is 40.2 Å². The predicted octanol–water partition coefficient (Wildman–Crippen LogP) is 5.10. The van der Waals surface area contributed by atoms with Gasteiger partial charge in [-0.3, -0.25) is 0 Å². The van der Waals surface area contributed by atoms with E-state index < -0.39 is 0 Å². The van der Waals surface area contributed by atoms with Crippen LogP contribution in [0.2, 0.25) is 0 Å². The van der Waals surface area contributed by atoms with Crippen LogP contribution in [0.1, 0.15) is 22.7 Å². The molecule has 0 heterocycles. The second kappa shape index (κ2) is 5.58. The fourth-order valence-corrected chi connectivity index (χ4v) is 2.97. The Morgan fingerprint density at radius 2 is 1.67 bits per heavy atom. The lowest BCUT2D eigenvalue weighted by atomic mass is 9.94. The van der Waals surface area contributed by atoms with E-state index in [0.29, 0.717) is 0 Å². The molecule has 0 aliphatic heterocycles. The maximum Gasteiger partial charge on any atom is 0.123 e. The van der Waals surface area contributed by atoms with Gasteiger partial charge in [-0.25, -0.2) is 4.39 Å². The molecular weight excluding hydrogens is 329 g/mol. The maximum absolute atomic E-state index is 13.2. The van der Waals surface area contributed by atoms with E-state index in [1.165, 1.54) is 12.1 Å². The summed E-state index contributed by atoms with van der Waals surface area (Å²) in [6, 6.07) is 16.8. The predicted molar refractivity (Wildman–Crippen MR) is 88.8 cm³/mol. The molecule has 21 heavy (non-hydrogen) atoms. The molecule has 3 heteroatoms. The van der Waals surface area contributed by atoms with Crippen LogP contribution in [-0.4, -0.2) is 0 Å². The van der Waals surface area contributed by atoms with Gasteiger partial charge in [-0.2, -0.15) is 0 Å². The second-order valence-electron chi connectivity index (χ2n) is 5.23. The number of hydrogen-bond donors (Lipinski definition) is 1. The fraction of sp³-hybridized carbons (Fsp3) is 0.111. The summed E-state index contributed by atoms with van der Waals surface area (Å²) in [6.45, 7) is 1.89. The van der Waals surface area contributed by atoms with Gasteiger partial charge < -0.3 is 5.73 Å². The molecule has 1 unspecified atom stereocenters. The van der Waals surface area contributed by atoms with Gasteiger partial charge in [-0.05, 0) is 64.7 Å². The molecule has 3 aromatic carbocycles. The maximum atomic E-state index is 13.2. The summed E-state index contributed by atoms with van der Waals surface area (Å²) in [7, 11) is 0. The van der Waals surface area contributed by atoms with Gasteiger partial charge in [0.25, 0.3) is 0 Å². The molecule has 0 bridgehead atoms. The van der Waals surface area contributed by atoms with Crippen molar-refractivity contribution in [1.29, 1.82) is 0 Å². The molecule has 0 amide bonds. The lowest BCUT2D eigenvalue weighted by Crippen LogP contribution is -2.13. The van der Waals surface area contributed by atoms with Crippen molar-refractivity contribution < 1.29 is 4.39 Å². The van der Waals surface area contributed by atoms with Gasteiger partial charge in [0.2, 0.25) is 0 Å². The molecule has 0 aliphatic carbocycles. The van der Waals surface area contributed by atoms with E-state index in [1.807, 2.05) is 19.1 Å². The third-order valence-corrected chi connectivity index (χ3v) is 4.25. The van der Waals surface area contributed by atoms with Crippen molar-refractivity contribution in [2.45, 2.75) is 13.0 Å². The van der Waals surface area contributed by atoms with Crippen molar-refractivity contribution >= 4 is 26.7 Å². The number of rotatable bonds is 2. The molecule has 0 saturated heterocycles. The molecule has 0 aliphatic rings. The average Bonchev–Trinajstić information content (AvgIpc) is 2.46. The Labute approximate surface area is 131 Å². The smallest absolute Gasteiger partial charge is 0.123 e. The lowest BCUT2D eigenvalue weighted by molar-refractivity contribution is 0.624. The SMILES string of the molecule is Cc1cc(F)ccc1C(N)c1ccc2cc(Br)ccc2c1. The quantitative estimate of drug-likeness (QED) is 0.688. The zero-order valence-electron chi connectivity index (χ0n) is 11.6. The molecule has 106 valence electrons. The number of nitrogens with two attached hydrogens (primary N) is 1. The van der Waals surface area contributed by atoms with E-state index in [9.17, 15) is 4.39 Å². The standard InChI is InChI=1S/C18H15BrFN/c1-11-8-16(20)6-7-17(11)18(21)14-3-2-13-10-15(19)5-4-12(13)9-14/h2-10,18H,21H2,1H3. The monoisotopic (exact) mass is 343 g/mol. The molecule has 0 saturated carbocycles. The van der Waals surface area contributed by atoms with E-state index in [0.717, 1.165) is 31.9 Å². The molecule has 0 fully saturated rings. The van der Waals surface area contributed by atoms with E-state index in [4.69, 9.17) is 5.73 Å². The first-order valence-corrected chi connectivity index (χ1v) is 7.55. The van der Waals surface area contributed by atoms with Crippen LogP contribution in [-0.2, 0) is 0 Å². The zero-order chi connectivity index (χ0) is 15.0. The van der Waals surface area contributed by atoms with E-state index in [-0.39, 0.29) is 11.9 Å². The van der Waals surface area contributed by atoms with Crippen molar-refractivity contribution in [1.82, 2.24) is 0 Å². The minimum Gasteiger partial charge on any atom is -0.320 e. The van der Waals surface area contributed by atoms with E-state index >= 15 is 0 Å². The summed E-state index contributed by atoms with van der Waals surface area (Å²) in [6.07, 6.45) is 0. The molecule has 1 atom stereocenters. The van der Waals surface area contributed by atoms with Crippen LogP contribution in [0.3, 0.4) is 0 Å². The van der Waals surface area contributed by atoms with Gasteiger partial charge in [0.05, 0.1) is 6.04 Å². The Morgan fingerprint density at radius 1 is 0.952 bits per heavy atom. The lowest BCUT2D eigenvalue weighted by Gasteiger charge is -2.16. The largest absolute Gasteiger partial charge is 0.320 e. The first kappa shape index (κ1) is 14.2. The topological polar surface area (TPSA) is 26.0 Å². The second-order valence-corrected chi connectivity index (χ2v) is 6.15. The van der Waals surface area contributed by atoms with Crippen LogP contribution >= 0.6 is 15.9 Å². The Balaban J connectivity index is 2.04. The summed E-state index contributed by atoms with van der Waals surface area (Å²) >= 11 is 3.47. The first-order chi connectivity index (χ1) is 10.0. The highest BCUT2D eigenvalue weighted by molar-refractivity contribution is 9.10. The van der Waals surface area contributed by atoms with Crippen LogP contribution in [0, 0.1) is 12.7 Å². The summed E-state index contributed by atoms with van der Waals surface area (Å²) < 4.78 is 14.3. The van der Waals surface area contributed by atoms with Crippen LogP contribution in [0.25, 0.3) is 10.8 Å². The summed E-state index contributed by atoms with van der Waals surface area (Å²) in [5, 5.41) is 2.31. The van der Waals surface area contributed by atoms with Crippen LogP contribution in [0.5, 0.6) is 0 Å². The van der Waals surface area contributed by atoms with Gasteiger partial charge >= 0.3 is 0 Å². The van der Waals surface area contributed by atoms with Gasteiger partial charge in [-0.15, -0.1) is 0 Å². The normalized spacial score (nSPS) is 12.6. The Bertz CT molecular complexity index is 813. The molecule has 0 spiro atoms. The van der Waals surface area contributed by atoms with Gasteiger partial charge in [0.1, 0.15) is 5.82 Å². The average molecular weight is 344 g/mol. The van der Waals surface area contributed by atoms with Crippen LogP contribution in [0.4, 0.5) is 4.39 Å². The highest BCUT2D eigenvalue weighted by Crippen LogP contribution is 2.27. The highest BCUT2D eigenvalue weighted by atomic mass is 79.9. The number of benzene rings is 3. The zero-order valence-corrected chi connectivity index (χ0v) is 13.2. The minimum atomic E-state index is -0.251. The van der Waals surface area contributed by atoms with Crippen molar-refractivity contribution in [3.8, 4) is 0 Å². The summed E-state index contributed by atoms with van der Waals surface area (Å²) in [5.74, 6) is -0.230. The Hall–Kier alpha value is -1.71. The third kappa shape index (κ3) is 2.85. The molecule has 3 aromatic rings. The molecule has 1 nitrogen and oxygen atoms in total. The number of aryl methyl sites for hydroxylation is 1. The molecule has 0 aromatic heterocycles. The molecular formula is C18H15BrFN. The Morgan fingerprint density at radius 3 is 2.43 bits per heavy atom. The first-order valence-electron chi connectivity index (χ1n) is 6.75. The van der Waals surface area contributed by atoms with E-state index in [1.54, 1.807) is 6.07 Å². The van der Waals surface area contributed by atoms with Crippen molar-refractivity contribution in [2.24, 2.45) is 5.73 Å². The van der Waals surface area contributed by atoms with E-state index in [2.05, 4.69) is 40.2 Å². The Kier molecular flexibility index (Phi) is 3.79. The van der Waals surface area contributed by atoms with Crippen LogP contribution in [0.15, 0.2) is 59.1 Å². The fourth-order valence-electron chi connectivity index (χ4n) is 2.60. The molecule has 0 radical (unpaired) electrons. The molecule has 2 N–H and O–H groups in total. The third-order valence-electron chi connectivity index (χ3n) is 3.75. The van der Waals surface area contributed by atoms with Crippen molar-refractivity contribution in [2.75, 3.05) is 0 Å². The summed E-state index contributed by atoms with van der Waals surface area (Å²) in [5.41, 5.74) is 9.21. The van der Waals surface area contributed by atoms with Gasteiger partial charge in [0.15, 0.2) is 0 Å². The summed E-state index contributed by atoms with van der Waals surface area (Å²) in [4.78, 5) is 0. The minimum absolute atomic E-state index is 0.230. The number of fused-ring (bicyclic) bond motifs is 1. The molecule has 3 rings (SSSR count). The number of halogens is 2. The van der Waals surface area contributed by atoms with Crippen molar-refractivity contribution in [3.63, 3.8) is 0 Å². The van der Waals surface area contributed by atoms with Gasteiger partial charge in [0, 0.05) is 4.47 Å². The number of hydrogen-bond acceptors (Lipinski definition) is 1. The van der Waals surface area contributed by atoms with Crippen molar-refractivity contribution in [3.05, 3.63) is 81.6 Å². The highest BCUT2D eigenvalue weighted by Gasteiger charge is 2.12.